The van der Waals surface area contributed by atoms with Crippen molar-refractivity contribution >= 4 is 23.8 Å². The smallest absolute Gasteiger partial charge is 0.322 e. The molecular formula is C25H28N4O4. The van der Waals surface area contributed by atoms with Crippen LogP contribution in [0.3, 0.4) is 0 Å². The molecule has 2 atom stereocenters. The van der Waals surface area contributed by atoms with Gasteiger partial charge in [-0.15, -0.1) is 0 Å². The molecule has 172 valence electrons. The highest BCUT2D eigenvalue weighted by atomic mass is 16.2. The molecule has 33 heavy (non-hydrogen) atoms. The van der Waals surface area contributed by atoms with Crippen molar-refractivity contribution in [2.75, 3.05) is 19.6 Å². The predicted octanol–water partition coefficient (Wildman–Crippen LogP) is 1.94. The van der Waals surface area contributed by atoms with E-state index in [2.05, 4.69) is 10.6 Å². The fourth-order valence-corrected chi connectivity index (χ4v) is 4.42. The van der Waals surface area contributed by atoms with Crippen molar-refractivity contribution in [2.24, 2.45) is 0 Å². The van der Waals surface area contributed by atoms with Crippen LogP contribution in [0, 0.1) is 0 Å². The highest BCUT2D eigenvalue weighted by Gasteiger charge is 2.40. The highest BCUT2D eigenvalue weighted by Crippen LogP contribution is 2.23. The maximum absolute atomic E-state index is 13.3. The molecular weight excluding hydrogens is 420 g/mol. The van der Waals surface area contributed by atoms with Gasteiger partial charge in [0.1, 0.15) is 12.1 Å². The summed E-state index contributed by atoms with van der Waals surface area (Å²) in [7, 11) is 0. The molecule has 0 radical (unpaired) electrons. The van der Waals surface area contributed by atoms with Gasteiger partial charge in [-0.2, -0.15) is 0 Å². The van der Waals surface area contributed by atoms with Crippen molar-refractivity contribution in [1.29, 1.82) is 0 Å². The summed E-state index contributed by atoms with van der Waals surface area (Å²) in [5.41, 5.74) is 3.14. The first-order valence-electron chi connectivity index (χ1n) is 11.3. The summed E-state index contributed by atoms with van der Waals surface area (Å²) in [6.45, 7) is 3.33. The maximum Gasteiger partial charge on any atom is 0.322 e. The van der Waals surface area contributed by atoms with Crippen LogP contribution in [0.1, 0.15) is 25.3 Å². The molecule has 0 unspecified atom stereocenters. The Bertz CT molecular complexity index is 1040. The number of carbonyl (C=O) groups is 4. The second-order valence-corrected chi connectivity index (χ2v) is 8.35. The first-order chi connectivity index (χ1) is 16.0. The molecule has 5 amide bonds. The predicted molar refractivity (Wildman–Crippen MR) is 123 cm³/mol. The van der Waals surface area contributed by atoms with Gasteiger partial charge in [-0.1, -0.05) is 54.6 Å². The average Bonchev–Trinajstić information content (AvgIpc) is 3.00. The van der Waals surface area contributed by atoms with Crippen LogP contribution < -0.4 is 10.6 Å². The van der Waals surface area contributed by atoms with Gasteiger partial charge in [0.15, 0.2) is 0 Å². The topological polar surface area (TPSA) is 98.8 Å². The van der Waals surface area contributed by atoms with Crippen LogP contribution in [-0.4, -0.2) is 65.3 Å². The first kappa shape index (κ1) is 22.5. The Hall–Kier alpha value is -3.68. The average molecular weight is 449 g/mol. The second kappa shape index (κ2) is 9.85. The summed E-state index contributed by atoms with van der Waals surface area (Å²) in [4.78, 5) is 53.4. The zero-order valence-corrected chi connectivity index (χ0v) is 18.6. The molecule has 0 aromatic heterocycles. The van der Waals surface area contributed by atoms with Gasteiger partial charge in [0.25, 0.3) is 0 Å². The van der Waals surface area contributed by atoms with E-state index in [1.165, 1.54) is 0 Å². The minimum atomic E-state index is -0.833. The van der Waals surface area contributed by atoms with Crippen LogP contribution in [0.5, 0.6) is 0 Å². The molecule has 2 N–H and O–H groups in total. The van der Waals surface area contributed by atoms with E-state index in [4.69, 9.17) is 0 Å². The number of urea groups is 1. The summed E-state index contributed by atoms with van der Waals surface area (Å²) in [5, 5.41) is 4.76. The van der Waals surface area contributed by atoms with E-state index in [-0.39, 0.29) is 24.7 Å². The van der Waals surface area contributed by atoms with Crippen molar-refractivity contribution in [1.82, 2.24) is 20.4 Å². The van der Waals surface area contributed by atoms with Gasteiger partial charge in [0.05, 0.1) is 0 Å². The molecule has 2 saturated heterocycles. The molecule has 4 rings (SSSR count). The zero-order valence-electron chi connectivity index (χ0n) is 18.6. The SMILES string of the molecule is CCN1CCN(C(=O)[C@H]2CCC(=O)NC(=O)N2)[C@@H](Cc2ccc(-c3ccccc3)cc2)C1=O. The fourth-order valence-electron chi connectivity index (χ4n) is 4.42. The minimum absolute atomic E-state index is 0.0730. The summed E-state index contributed by atoms with van der Waals surface area (Å²) >= 11 is 0. The number of nitrogens with zero attached hydrogens (tertiary/aromatic N) is 2. The number of imide groups is 1. The van der Waals surface area contributed by atoms with Crippen molar-refractivity contribution in [3.63, 3.8) is 0 Å². The van der Waals surface area contributed by atoms with Gasteiger partial charge in [0, 0.05) is 32.5 Å². The number of piperazine rings is 1. The van der Waals surface area contributed by atoms with Crippen LogP contribution in [0.4, 0.5) is 4.79 Å². The van der Waals surface area contributed by atoms with Gasteiger partial charge >= 0.3 is 6.03 Å². The van der Waals surface area contributed by atoms with Crippen molar-refractivity contribution < 1.29 is 19.2 Å². The Labute approximate surface area is 192 Å². The zero-order chi connectivity index (χ0) is 23.4. The lowest BCUT2D eigenvalue weighted by atomic mass is 9.97. The van der Waals surface area contributed by atoms with Gasteiger partial charge in [-0.05, 0) is 30.0 Å². The standard InChI is InChI=1S/C25H28N4O4/c1-2-28-14-15-29(23(31)20-12-13-22(30)27-25(33)26-20)21(24(28)32)16-17-8-10-19(11-9-17)18-6-4-3-5-7-18/h3-11,20-21H,2,12-16H2,1H3,(H2,26,27,30,33)/t20-,21+/m1/s1. The van der Waals surface area contributed by atoms with Crippen molar-refractivity contribution in [3.05, 3.63) is 60.2 Å². The lowest BCUT2D eigenvalue weighted by Gasteiger charge is -2.41. The number of hydrogen-bond acceptors (Lipinski definition) is 4. The number of amides is 5. The monoisotopic (exact) mass is 448 g/mol. The Morgan fingerprint density at radius 1 is 0.970 bits per heavy atom. The maximum atomic E-state index is 13.3. The van der Waals surface area contributed by atoms with E-state index in [1.54, 1.807) is 9.80 Å². The molecule has 0 saturated carbocycles. The van der Waals surface area contributed by atoms with Crippen molar-refractivity contribution in [3.8, 4) is 11.1 Å². The minimum Gasteiger partial charge on any atom is -0.339 e. The normalized spacial score (nSPS) is 21.3. The van der Waals surface area contributed by atoms with Gasteiger partial charge in [0.2, 0.25) is 17.7 Å². The second-order valence-electron chi connectivity index (χ2n) is 8.35. The van der Waals surface area contributed by atoms with Crippen LogP contribution in [0.2, 0.25) is 0 Å². The Morgan fingerprint density at radius 3 is 2.36 bits per heavy atom. The third kappa shape index (κ3) is 5.05. The third-order valence-corrected chi connectivity index (χ3v) is 6.26. The third-order valence-electron chi connectivity index (χ3n) is 6.26. The quantitative estimate of drug-likeness (QED) is 0.730. The number of nitrogens with one attached hydrogen (secondary N) is 2. The van der Waals surface area contributed by atoms with Gasteiger partial charge in [-0.3, -0.25) is 19.7 Å². The Morgan fingerprint density at radius 2 is 1.67 bits per heavy atom. The molecule has 2 aromatic carbocycles. The van der Waals surface area contributed by atoms with E-state index < -0.39 is 24.0 Å². The molecule has 8 nitrogen and oxygen atoms in total. The van der Waals surface area contributed by atoms with Crippen LogP contribution in [-0.2, 0) is 20.8 Å². The lowest BCUT2D eigenvalue weighted by Crippen LogP contribution is -2.62. The molecule has 8 heteroatoms. The van der Waals surface area contributed by atoms with Crippen molar-refractivity contribution in [2.45, 2.75) is 38.3 Å². The van der Waals surface area contributed by atoms with Gasteiger partial charge in [-0.25, -0.2) is 4.79 Å². The largest absolute Gasteiger partial charge is 0.339 e. The molecule has 0 spiro atoms. The summed E-state index contributed by atoms with van der Waals surface area (Å²) < 4.78 is 0. The Kier molecular flexibility index (Phi) is 6.72. The summed E-state index contributed by atoms with van der Waals surface area (Å²) in [6.07, 6.45) is 0.661. The van der Waals surface area contributed by atoms with E-state index >= 15 is 0 Å². The van der Waals surface area contributed by atoms with Gasteiger partial charge < -0.3 is 15.1 Å². The first-order valence-corrected chi connectivity index (χ1v) is 11.3. The van der Waals surface area contributed by atoms with Crippen LogP contribution in [0.15, 0.2) is 54.6 Å². The van der Waals surface area contributed by atoms with Crippen LogP contribution >= 0.6 is 0 Å². The highest BCUT2D eigenvalue weighted by molar-refractivity contribution is 5.99. The molecule has 2 aliphatic rings. The number of benzene rings is 2. The van der Waals surface area contributed by atoms with E-state index in [1.807, 2.05) is 61.5 Å². The van der Waals surface area contributed by atoms with E-state index in [0.717, 1.165) is 16.7 Å². The number of hydrogen-bond donors (Lipinski definition) is 2. The number of rotatable bonds is 5. The lowest BCUT2D eigenvalue weighted by molar-refractivity contribution is -0.152. The molecule has 2 heterocycles. The summed E-state index contributed by atoms with van der Waals surface area (Å²) in [6, 6.07) is 15.9. The van der Waals surface area contributed by atoms with E-state index in [9.17, 15) is 19.2 Å². The molecule has 2 fully saturated rings. The Balaban J connectivity index is 1.54. The van der Waals surface area contributed by atoms with Crippen LogP contribution in [0.25, 0.3) is 11.1 Å². The number of likely N-dealkylation sites (N-methyl/N-ethyl adjacent to an activating group) is 1. The van der Waals surface area contributed by atoms with E-state index in [0.29, 0.717) is 26.1 Å². The summed E-state index contributed by atoms with van der Waals surface area (Å²) in [5.74, 6) is -0.835. The molecule has 0 bridgehead atoms. The fraction of sp³-hybridized carbons (Fsp3) is 0.360. The molecule has 2 aromatic rings. The number of carbonyl (C=O) groups excluding carboxylic acids is 4. The molecule has 2 aliphatic heterocycles. The molecule has 0 aliphatic carbocycles.